The van der Waals surface area contributed by atoms with E-state index in [2.05, 4.69) is 31.9 Å². The maximum Gasteiger partial charge on any atom is 0.408 e. The molecule has 24 nitrogen and oxygen atoms in total. The average Bonchev–Trinajstić information content (AvgIpc) is 3.24. The zero-order valence-electron chi connectivity index (χ0n) is 44.2. The fourth-order valence-electron chi connectivity index (χ4n) is 8.16. The summed E-state index contributed by atoms with van der Waals surface area (Å²) in [5.41, 5.74) is -2.68. The highest BCUT2D eigenvalue weighted by Gasteiger charge is 2.54. The number of rotatable bonds is 17. The molecule has 1 saturated carbocycles. The summed E-state index contributed by atoms with van der Waals surface area (Å²) in [6.45, 7) is 19.6. The zero-order chi connectivity index (χ0) is 54.6. The molecule has 0 radical (unpaired) electrons. The van der Waals surface area contributed by atoms with Crippen LogP contribution in [0.5, 0.6) is 0 Å². The first kappa shape index (κ1) is 60.9. The van der Waals surface area contributed by atoms with Crippen molar-refractivity contribution < 1.29 is 87.4 Å². The van der Waals surface area contributed by atoms with Crippen molar-refractivity contribution in [2.45, 2.75) is 223 Å². The highest BCUT2D eigenvalue weighted by Crippen LogP contribution is 2.34. The predicted molar refractivity (Wildman–Crippen MR) is 260 cm³/mol. The van der Waals surface area contributed by atoms with Crippen molar-refractivity contribution in [3.8, 4) is 0 Å². The Labute approximate surface area is 427 Å². The molecule has 3 fully saturated rings. The van der Waals surface area contributed by atoms with Crippen LogP contribution in [0.3, 0.4) is 0 Å². The van der Waals surface area contributed by atoms with E-state index in [9.17, 15) is 49.5 Å². The molecular formula is C49H82N6O18. The third kappa shape index (κ3) is 20.5. The van der Waals surface area contributed by atoms with Crippen LogP contribution in [0.1, 0.15) is 114 Å². The van der Waals surface area contributed by atoms with E-state index in [0.29, 0.717) is 25.9 Å². The van der Waals surface area contributed by atoms with Gasteiger partial charge in [0.25, 0.3) is 0 Å². The summed E-state index contributed by atoms with van der Waals surface area (Å²) < 4.78 is 47.1. The number of hydrogen-bond acceptors (Lipinski definition) is 19. The molecule has 0 bridgehead atoms. The van der Waals surface area contributed by atoms with Gasteiger partial charge in [-0.3, -0.25) is 4.79 Å². The second-order valence-electron chi connectivity index (χ2n) is 22.5. The molecular weight excluding hydrogens is 961 g/mol. The van der Waals surface area contributed by atoms with E-state index in [1.165, 1.54) is 0 Å². The van der Waals surface area contributed by atoms with Crippen LogP contribution in [0.15, 0.2) is 30.3 Å². The minimum atomic E-state index is -1.93. The van der Waals surface area contributed by atoms with Gasteiger partial charge in [0.15, 0.2) is 12.6 Å². The van der Waals surface area contributed by atoms with Crippen LogP contribution in [0.4, 0.5) is 19.2 Å². The maximum absolute atomic E-state index is 13.9. The number of benzene rings is 1. The number of aliphatic hydroxyl groups is 5. The molecule has 0 spiro atoms. The fraction of sp³-hybridized carbons (Fsp3) is 0.776. The molecule has 1 aromatic rings. The van der Waals surface area contributed by atoms with Crippen molar-refractivity contribution in [1.82, 2.24) is 31.9 Å². The Kier molecular flexibility index (Phi) is 21.9. The van der Waals surface area contributed by atoms with E-state index < -0.39 is 145 Å². The number of nitrogens with one attached hydrogen (secondary N) is 6. The molecule has 2 heterocycles. The lowest BCUT2D eigenvalue weighted by atomic mass is 9.83. The summed E-state index contributed by atoms with van der Waals surface area (Å²) in [6, 6.07) is 4.52. The Morgan fingerprint density at radius 1 is 0.630 bits per heavy atom. The summed E-state index contributed by atoms with van der Waals surface area (Å²) in [6.07, 6.45) is -19.3. The molecule has 416 valence electrons. The number of aliphatic hydroxyl groups excluding tert-OH is 5. The van der Waals surface area contributed by atoms with E-state index in [1.807, 2.05) is 30.3 Å². The summed E-state index contributed by atoms with van der Waals surface area (Å²) in [5.74, 6) is -1.01. The van der Waals surface area contributed by atoms with Gasteiger partial charge in [0.1, 0.15) is 65.1 Å². The van der Waals surface area contributed by atoms with E-state index >= 15 is 0 Å². The molecule has 6 unspecified atom stereocenters. The molecule has 4 rings (SSSR count). The van der Waals surface area contributed by atoms with Crippen LogP contribution in [0, 0.1) is 0 Å². The van der Waals surface area contributed by atoms with Crippen LogP contribution in [0.2, 0.25) is 0 Å². The lowest BCUT2D eigenvalue weighted by molar-refractivity contribution is -0.316. The maximum atomic E-state index is 13.9. The first-order chi connectivity index (χ1) is 33.8. The second kappa shape index (κ2) is 26.2. The van der Waals surface area contributed by atoms with Crippen LogP contribution in [-0.4, -0.2) is 183 Å². The summed E-state index contributed by atoms with van der Waals surface area (Å²) in [7, 11) is 0. The number of alkyl carbamates (subject to hydrolysis) is 4. The third-order valence-corrected chi connectivity index (χ3v) is 11.2. The number of carbonyl (C=O) groups excluding carboxylic acids is 5. The first-order valence-electron chi connectivity index (χ1n) is 24.8. The van der Waals surface area contributed by atoms with E-state index in [0.717, 1.165) is 5.56 Å². The monoisotopic (exact) mass is 1040 g/mol. The molecule has 1 aromatic carbocycles. The standard InChI is InChI=1S/C49H82N6O18/c1-46(2,3)70-42(62)51-21-20-31(57)39(61)52-29-22-30(54-44(64)72-48(7,8)9)38(36(60)37(29)69-41-35(59)33(34(58)32(25-56)67-41)55-45(65)73-49(10,11)12)68-40-28(53-43(63)71-47(4,5)6)19-18-27(66-40)24-50-23-26-16-14-13-15-17-26/h13-17,27-38,40-41,50,56-60H,18-25H2,1-12H3,(H,51,62)(H,52,61)(H,53,63)(H,54,64)(H,55,65)/t27?,28?,29-,30-,31+,32?,33+,34-,35?,36?,37+,38?,40-,41-/m1/s1. The molecule has 2 saturated heterocycles. The van der Waals surface area contributed by atoms with Crippen molar-refractivity contribution in [2.24, 2.45) is 0 Å². The summed E-state index contributed by atoms with van der Waals surface area (Å²) in [4.78, 5) is 66.0. The zero-order valence-corrected chi connectivity index (χ0v) is 44.2. The first-order valence-corrected chi connectivity index (χ1v) is 24.8. The quantitative estimate of drug-likeness (QED) is 0.0989. The molecule has 73 heavy (non-hydrogen) atoms. The van der Waals surface area contributed by atoms with E-state index in [1.54, 1.807) is 83.1 Å². The molecule has 14 atom stereocenters. The van der Waals surface area contributed by atoms with Crippen LogP contribution in [0.25, 0.3) is 0 Å². The van der Waals surface area contributed by atoms with Gasteiger partial charge in [-0.05, 0) is 114 Å². The summed E-state index contributed by atoms with van der Waals surface area (Å²) >= 11 is 0. The molecule has 11 N–H and O–H groups in total. The van der Waals surface area contributed by atoms with Crippen LogP contribution in [-0.2, 0) is 49.2 Å². The smallest absolute Gasteiger partial charge is 0.408 e. The van der Waals surface area contributed by atoms with Gasteiger partial charge in [0, 0.05) is 19.6 Å². The van der Waals surface area contributed by atoms with Crippen molar-refractivity contribution in [3.05, 3.63) is 35.9 Å². The van der Waals surface area contributed by atoms with Gasteiger partial charge in [0.05, 0.1) is 36.9 Å². The minimum Gasteiger partial charge on any atom is -0.444 e. The normalized spacial score (nSPS) is 29.4. The Bertz CT molecular complexity index is 1940. The summed E-state index contributed by atoms with van der Waals surface area (Å²) in [5, 5.41) is 73.3. The van der Waals surface area contributed by atoms with Gasteiger partial charge < -0.3 is 95.3 Å². The van der Waals surface area contributed by atoms with Gasteiger partial charge in [-0.25, -0.2) is 19.2 Å². The third-order valence-electron chi connectivity index (χ3n) is 11.2. The topological polar surface area (TPSA) is 333 Å². The predicted octanol–water partition coefficient (Wildman–Crippen LogP) is 1.70. The Morgan fingerprint density at radius 3 is 1.68 bits per heavy atom. The molecule has 5 amide bonds. The van der Waals surface area contributed by atoms with Crippen molar-refractivity contribution in [2.75, 3.05) is 19.7 Å². The molecule has 1 aliphatic carbocycles. The van der Waals surface area contributed by atoms with Crippen molar-refractivity contribution >= 4 is 30.3 Å². The number of carbonyl (C=O) groups is 5. The van der Waals surface area contributed by atoms with Gasteiger partial charge >= 0.3 is 24.4 Å². The lowest BCUT2D eigenvalue weighted by Gasteiger charge is -2.49. The number of hydrogen-bond donors (Lipinski definition) is 11. The van der Waals surface area contributed by atoms with Gasteiger partial charge in [-0.1, -0.05) is 30.3 Å². The van der Waals surface area contributed by atoms with Gasteiger partial charge in [-0.15, -0.1) is 0 Å². The van der Waals surface area contributed by atoms with Crippen LogP contribution >= 0.6 is 0 Å². The highest BCUT2D eigenvalue weighted by molar-refractivity contribution is 5.81. The fourth-order valence-corrected chi connectivity index (χ4v) is 8.16. The Morgan fingerprint density at radius 2 is 1.14 bits per heavy atom. The van der Waals surface area contributed by atoms with Crippen molar-refractivity contribution in [3.63, 3.8) is 0 Å². The number of ether oxygens (including phenoxy) is 8. The SMILES string of the molecule is CC(C)(C)OC(=O)NCC[C@H](O)C(=O)N[C@@H]1C[C@@H](NC(=O)OC(C)(C)C)C(O[C@H]2OC(CNCc3ccccc3)CCC2NC(=O)OC(C)(C)C)C(O)[C@H]1O[C@H]1OC(CO)[C@@H](O)[C@H](NC(=O)OC(C)(C)C)C1O. The molecule has 2 aliphatic heterocycles. The molecule has 3 aliphatic rings. The van der Waals surface area contributed by atoms with E-state index in [4.69, 9.17) is 37.9 Å². The Balaban J connectivity index is 1.74. The largest absolute Gasteiger partial charge is 0.444 e. The van der Waals surface area contributed by atoms with Gasteiger partial charge in [-0.2, -0.15) is 0 Å². The molecule has 24 heteroatoms. The minimum absolute atomic E-state index is 0.197. The van der Waals surface area contributed by atoms with Gasteiger partial charge in [0.2, 0.25) is 5.91 Å². The number of amides is 5. The lowest BCUT2D eigenvalue weighted by Crippen LogP contribution is -2.70. The van der Waals surface area contributed by atoms with Crippen LogP contribution < -0.4 is 31.9 Å². The average molecular weight is 1040 g/mol. The Hall–Kier alpha value is -4.63. The molecule has 0 aromatic heterocycles. The van der Waals surface area contributed by atoms with Crippen molar-refractivity contribution in [1.29, 1.82) is 0 Å². The second-order valence-corrected chi connectivity index (χ2v) is 22.5. The van der Waals surface area contributed by atoms with E-state index in [-0.39, 0.29) is 19.4 Å². The highest BCUT2D eigenvalue weighted by atomic mass is 16.7.